The lowest BCUT2D eigenvalue weighted by Crippen LogP contribution is -2.26. The van der Waals surface area contributed by atoms with Crippen LogP contribution >= 0.6 is 0 Å². The summed E-state index contributed by atoms with van der Waals surface area (Å²) in [5.41, 5.74) is -0.613. The maximum Gasteiger partial charge on any atom is 0.429 e. The topological polar surface area (TPSA) is 83.8 Å². The lowest BCUT2D eigenvalue weighted by atomic mass is 10.1. The van der Waals surface area contributed by atoms with E-state index >= 15 is 0 Å². The van der Waals surface area contributed by atoms with Gasteiger partial charge >= 0.3 is 6.11 Å². The molecule has 0 aromatic heterocycles. The molecule has 0 amide bonds. The maximum atomic E-state index is 13.1. The lowest BCUT2D eigenvalue weighted by molar-refractivity contribution is -0.224. The van der Waals surface area contributed by atoms with Crippen molar-refractivity contribution in [3.8, 4) is 11.5 Å². The quantitative estimate of drug-likeness (QED) is 0.786. The first-order chi connectivity index (χ1) is 7.64. The highest BCUT2D eigenvalue weighted by molar-refractivity contribution is 7.90. The Bertz CT molecular complexity index is 581. The van der Waals surface area contributed by atoms with Gasteiger partial charge in [-0.3, -0.25) is 0 Å². The van der Waals surface area contributed by atoms with Gasteiger partial charge in [0.15, 0.2) is 27.4 Å². The summed E-state index contributed by atoms with van der Waals surface area (Å²) in [6.07, 6.45) is -5.57. The number of benzene rings is 1. The fourth-order valence-electron chi connectivity index (χ4n) is 1.62. The Balaban J connectivity index is 2.77. The second kappa shape index (κ2) is 3.30. The van der Waals surface area contributed by atoms with Crippen molar-refractivity contribution in [1.29, 1.82) is 0 Å². The molecule has 5 nitrogen and oxygen atoms in total. The summed E-state index contributed by atoms with van der Waals surface area (Å²) in [6.45, 7) is 0. The SMILES string of the molecule is CS(=O)(=O)c1ccc(O)c2c1C(O)C(F)(F)O2. The Morgan fingerprint density at radius 2 is 2.00 bits per heavy atom. The van der Waals surface area contributed by atoms with Crippen LogP contribution in [0, 0.1) is 0 Å². The Labute approximate surface area is 95.2 Å². The number of ether oxygens (including phenoxy) is 1. The molecule has 17 heavy (non-hydrogen) atoms. The van der Waals surface area contributed by atoms with Gasteiger partial charge < -0.3 is 14.9 Å². The van der Waals surface area contributed by atoms with E-state index in [0.717, 1.165) is 18.4 Å². The number of rotatable bonds is 1. The van der Waals surface area contributed by atoms with E-state index in [1.807, 2.05) is 0 Å². The predicted octanol–water partition coefficient (Wildman–Crippen LogP) is 0.814. The summed E-state index contributed by atoms with van der Waals surface area (Å²) in [4.78, 5) is -0.491. The molecule has 1 aliphatic rings. The van der Waals surface area contributed by atoms with E-state index in [1.165, 1.54) is 0 Å². The number of sulfone groups is 1. The molecular formula is C9H8F2O5S. The molecule has 1 atom stereocenters. The molecule has 0 saturated carbocycles. The first-order valence-electron chi connectivity index (χ1n) is 4.45. The van der Waals surface area contributed by atoms with E-state index in [2.05, 4.69) is 4.74 Å². The number of phenolic OH excluding ortho intramolecular Hbond substituents is 1. The van der Waals surface area contributed by atoms with Gasteiger partial charge in [-0.2, -0.15) is 8.78 Å². The van der Waals surface area contributed by atoms with Crippen LogP contribution in [0.5, 0.6) is 11.5 Å². The van der Waals surface area contributed by atoms with E-state index < -0.39 is 44.0 Å². The van der Waals surface area contributed by atoms with Crippen molar-refractivity contribution < 1.29 is 32.1 Å². The van der Waals surface area contributed by atoms with E-state index in [0.29, 0.717) is 0 Å². The van der Waals surface area contributed by atoms with Crippen molar-refractivity contribution in [3.05, 3.63) is 17.7 Å². The van der Waals surface area contributed by atoms with Crippen molar-refractivity contribution >= 4 is 9.84 Å². The lowest BCUT2D eigenvalue weighted by Gasteiger charge is -2.12. The summed E-state index contributed by atoms with van der Waals surface area (Å²) in [7, 11) is -3.81. The van der Waals surface area contributed by atoms with Crippen LogP contribution in [0.25, 0.3) is 0 Å². The molecule has 2 rings (SSSR count). The molecule has 0 bridgehead atoms. The van der Waals surface area contributed by atoms with Gasteiger partial charge in [-0.25, -0.2) is 8.42 Å². The number of aromatic hydroxyl groups is 1. The number of halogens is 2. The average Bonchev–Trinajstić information content (AvgIpc) is 2.39. The van der Waals surface area contributed by atoms with E-state index in [9.17, 15) is 27.4 Å². The highest BCUT2D eigenvalue weighted by atomic mass is 32.2. The fourth-order valence-corrected chi connectivity index (χ4v) is 2.54. The maximum absolute atomic E-state index is 13.1. The molecule has 0 saturated heterocycles. The zero-order valence-electron chi connectivity index (χ0n) is 8.52. The van der Waals surface area contributed by atoms with Crippen molar-refractivity contribution in [3.63, 3.8) is 0 Å². The highest BCUT2D eigenvalue weighted by Crippen LogP contribution is 2.51. The van der Waals surface area contributed by atoms with Gasteiger partial charge in [-0.1, -0.05) is 0 Å². The smallest absolute Gasteiger partial charge is 0.429 e. The monoisotopic (exact) mass is 266 g/mol. The van der Waals surface area contributed by atoms with Gasteiger partial charge in [0.1, 0.15) is 0 Å². The molecule has 94 valence electrons. The number of aliphatic hydroxyl groups excluding tert-OH is 1. The second-order valence-electron chi connectivity index (χ2n) is 3.66. The zero-order chi connectivity index (χ0) is 13.0. The van der Waals surface area contributed by atoms with Gasteiger partial charge in [-0.05, 0) is 12.1 Å². The molecule has 0 aliphatic carbocycles. The van der Waals surface area contributed by atoms with E-state index in [-0.39, 0.29) is 0 Å². The fraction of sp³-hybridized carbons (Fsp3) is 0.333. The number of fused-ring (bicyclic) bond motifs is 1. The van der Waals surface area contributed by atoms with Crippen LogP contribution in [0.1, 0.15) is 11.7 Å². The van der Waals surface area contributed by atoms with Crippen LogP contribution in [0.15, 0.2) is 17.0 Å². The Morgan fingerprint density at radius 3 is 2.53 bits per heavy atom. The number of alkyl halides is 2. The molecule has 2 N–H and O–H groups in total. The Morgan fingerprint density at radius 1 is 1.41 bits per heavy atom. The number of hydrogen-bond acceptors (Lipinski definition) is 5. The van der Waals surface area contributed by atoms with E-state index in [1.54, 1.807) is 0 Å². The Hall–Kier alpha value is -1.41. The zero-order valence-corrected chi connectivity index (χ0v) is 9.33. The summed E-state index contributed by atoms with van der Waals surface area (Å²) in [6, 6.07) is 1.86. The van der Waals surface area contributed by atoms with Crippen LogP contribution in [-0.4, -0.2) is 31.0 Å². The third kappa shape index (κ3) is 1.73. The number of phenols is 1. The summed E-state index contributed by atoms with van der Waals surface area (Å²) in [5, 5.41) is 18.6. The number of hydrogen-bond donors (Lipinski definition) is 2. The predicted molar refractivity (Wildman–Crippen MR) is 51.8 cm³/mol. The van der Waals surface area contributed by atoms with Crippen molar-refractivity contribution in [1.82, 2.24) is 0 Å². The summed E-state index contributed by atoms with van der Waals surface area (Å²) in [5.74, 6) is -1.35. The Kier molecular flexibility index (Phi) is 2.34. The normalized spacial score (nSPS) is 22.0. The van der Waals surface area contributed by atoms with Crippen LogP contribution in [0.2, 0.25) is 0 Å². The van der Waals surface area contributed by atoms with Crippen molar-refractivity contribution in [2.45, 2.75) is 17.1 Å². The van der Waals surface area contributed by atoms with Crippen molar-refractivity contribution in [2.24, 2.45) is 0 Å². The van der Waals surface area contributed by atoms with Gasteiger partial charge in [0.25, 0.3) is 0 Å². The van der Waals surface area contributed by atoms with E-state index in [4.69, 9.17) is 0 Å². The molecule has 1 aromatic rings. The molecule has 1 unspecified atom stereocenters. The minimum atomic E-state index is -3.96. The minimum absolute atomic E-state index is 0.491. The van der Waals surface area contributed by atoms with Gasteiger partial charge in [0, 0.05) is 6.26 Å². The standard InChI is InChI=1S/C9H8F2O5S/c1-17(14,15)5-3-2-4(12)7-6(5)8(13)9(10,11)16-7/h2-3,8,12-13H,1H3. The van der Waals surface area contributed by atoms with Crippen molar-refractivity contribution in [2.75, 3.05) is 6.26 Å². The molecule has 0 radical (unpaired) electrons. The van der Waals surface area contributed by atoms with Crippen LogP contribution < -0.4 is 4.74 Å². The second-order valence-corrected chi connectivity index (χ2v) is 5.65. The van der Waals surface area contributed by atoms with Crippen LogP contribution in [0.4, 0.5) is 8.78 Å². The molecular weight excluding hydrogens is 258 g/mol. The van der Waals surface area contributed by atoms with Gasteiger partial charge in [0.05, 0.1) is 10.5 Å². The molecule has 0 fully saturated rings. The number of aliphatic hydroxyl groups is 1. The third-order valence-electron chi connectivity index (χ3n) is 2.36. The highest BCUT2D eigenvalue weighted by Gasteiger charge is 2.53. The molecule has 1 aliphatic heterocycles. The van der Waals surface area contributed by atoms with Crippen LogP contribution in [0.3, 0.4) is 0 Å². The largest absolute Gasteiger partial charge is 0.504 e. The summed E-state index contributed by atoms with van der Waals surface area (Å²) < 4.78 is 53.0. The molecule has 8 heteroatoms. The first-order valence-corrected chi connectivity index (χ1v) is 6.34. The minimum Gasteiger partial charge on any atom is -0.504 e. The average molecular weight is 266 g/mol. The summed E-state index contributed by atoms with van der Waals surface area (Å²) >= 11 is 0. The first kappa shape index (κ1) is 12.1. The van der Waals surface area contributed by atoms with Gasteiger partial charge in [-0.15, -0.1) is 0 Å². The van der Waals surface area contributed by atoms with Crippen LogP contribution in [-0.2, 0) is 9.84 Å². The molecule has 1 heterocycles. The third-order valence-corrected chi connectivity index (χ3v) is 3.52. The molecule has 0 spiro atoms. The molecule has 1 aromatic carbocycles. The van der Waals surface area contributed by atoms with Gasteiger partial charge in [0.2, 0.25) is 0 Å².